The van der Waals surface area contributed by atoms with Gasteiger partial charge in [0.2, 0.25) is 0 Å². The van der Waals surface area contributed by atoms with Crippen LogP contribution in [0.5, 0.6) is 5.75 Å². The van der Waals surface area contributed by atoms with Gasteiger partial charge < -0.3 is 10.0 Å². The van der Waals surface area contributed by atoms with E-state index >= 15 is 0 Å². The lowest BCUT2D eigenvalue weighted by Gasteiger charge is -2.36. The van der Waals surface area contributed by atoms with Crippen molar-refractivity contribution in [1.82, 2.24) is 4.90 Å². The van der Waals surface area contributed by atoms with E-state index in [4.69, 9.17) is 0 Å². The maximum Gasteiger partial charge on any atom is 0.115 e. The van der Waals surface area contributed by atoms with Crippen molar-refractivity contribution in [2.24, 2.45) is 11.8 Å². The summed E-state index contributed by atoms with van der Waals surface area (Å²) < 4.78 is 0. The molecule has 2 nitrogen and oxygen atoms in total. The van der Waals surface area contributed by atoms with Gasteiger partial charge in [0.25, 0.3) is 0 Å². The van der Waals surface area contributed by atoms with Crippen LogP contribution in [-0.2, 0) is 5.41 Å². The van der Waals surface area contributed by atoms with Crippen molar-refractivity contribution in [2.75, 3.05) is 19.6 Å². The van der Waals surface area contributed by atoms with Crippen LogP contribution in [0.4, 0.5) is 0 Å². The summed E-state index contributed by atoms with van der Waals surface area (Å²) >= 11 is 0. The van der Waals surface area contributed by atoms with E-state index in [2.05, 4.69) is 24.8 Å². The molecule has 2 atom stereocenters. The fourth-order valence-corrected chi connectivity index (χ4v) is 3.86. The lowest BCUT2D eigenvalue weighted by atomic mass is 9.69. The molecule has 0 spiro atoms. The Morgan fingerprint density at radius 3 is 2.85 bits per heavy atom. The summed E-state index contributed by atoms with van der Waals surface area (Å²) in [6.45, 7) is 8.35. The number of likely N-dealkylation sites (tertiary alicyclic amines) is 1. The highest BCUT2D eigenvalue weighted by Gasteiger charge is 2.44. The van der Waals surface area contributed by atoms with Gasteiger partial charge in [0, 0.05) is 18.5 Å². The van der Waals surface area contributed by atoms with Gasteiger partial charge in [-0.1, -0.05) is 32.4 Å². The highest BCUT2D eigenvalue weighted by Crippen LogP contribution is 2.44. The number of phenols is 1. The average molecular weight is 273 g/mol. The third kappa shape index (κ3) is 2.58. The SMILES string of the molecule is CC[C@H](C)[C@@]1(c2cccc(O)c2)CCN(CC2CC2)C1. The number of hydrogen-bond acceptors (Lipinski definition) is 2. The van der Waals surface area contributed by atoms with E-state index < -0.39 is 0 Å². The standard InChI is InChI=1S/C18H27NO/c1-3-14(2)18(16-5-4-6-17(20)11-16)9-10-19(13-18)12-15-7-8-15/h4-6,11,14-15,20H,3,7-10,12-13H2,1-2H3/t14-,18+/m0/s1. The van der Waals surface area contributed by atoms with E-state index in [1.807, 2.05) is 12.1 Å². The number of benzene rings is 1. The zero-order chi connectivity index (χ0) is 14.2. The molecule has 1 saturated carbocycles. The molecule has 1 saturated heterocycles. The van der Waals surface area contributed by atoms with E-state index in [1.54, 1.807) is 6.07 Å². The van der Waals surface area contributed by atoms with Gasteiger partial charge in [-0.15, -0.1) is 0 Å². The molecule has 1 N–H and O–H groups in total. The molecule has 20 heavy (non-hydrogen) atoms. The first-order valence-electron chi connectivity index (χ1n) is 8.16. The van der Waals surface area contributed by atoms with Gasteiger partial charge in [0.1, 0.15) is 5.75 Å². The van der Waals surface area contributed by atoms with Crippen molar-refractivity contribution in [3.8, 4) is 5.75 Å². The molecule has 0 unspecified atom stereocenters. The van der Waals surface area contributed by atoms with Crippen LogP contribution in [0.1, 0.15) is 45.1 Å². The Hall–Kier alpha value is -1.02. The van der Waals surface area contributed by atoms with Gasteiger partial charge >= 0.3 is 0 Å². The molecule has 0 amide bonds. The van der Waals surface area contributed by atoms with Gasteiger partial charge in [0.05, 0.1) is 0 Å². The molecular weight excluding hydrogens is 246 g/mol. The first kappa shape index (κ1) is 13.9. The van der Waals surface area contributed by atoms with Crippen LogP contribution in [0.25, 0.3) is 0 Å². The van der Waals surface area contributed by atoms with Crippen molar-refractivity contribution in [3.05, 3.63) is 29.8 Å². The Balaban J connectivity index is 1.85. The molecule has 1 aliphatic carbocycles. The monoisotopic (exact) mass is 273 g/mol. The zero-order valence-electron chi connectivity index (χ0n) is 12.8. The predicted molar refractivity (Wildman–Crippen MR) is 83.0 cm³/mol. The lowest BCUT2D eigenvalue weighted by molar-refractivity contribution is 0.247. The van der Waals surface area contributed by atoms with Crippen LogP contribution < -0.4 is 0 Å². The first-order chi connectivity index (χ1) is 9.64. The fraction of sp³-hybridized carbons (Fsp3) is 0.667. The summed E-state index contributed by atoms with van der Waals surface area (Å²) in [5.41, 5.74) is 1.58. The second-order valence-electron chi connectivity index (χ2n) is 6.94. The third-order valence-electron chi connectivity index (χ3n) is 5.57. The van der Waals surface area contributed by atoms with Crippen molar-refractivity contribution < 1.29 is 5.11 Å². The Kier molecular flexibility index (Phi) is 3.76. The summed E-state index contributed by atoms with van der Waals surface area (Å²) in [5.74, 6) is 2.03. The summed E-state index contributed by atoms with van der Waals surface area (Å²) in [7, 11) is 0. The molecule has 1 aromatic carbocycles. The minimum atomic E-state index is 0.238. The Labute approximate surface area is 122 Å². The van der Waals surface area contributed by atoms with Gasteiger partial charge in [-0.25, -0.2) is 0 Å². The Bertz CT molecular complexity index is 468. The molecule has 0 bridgehead atoms. The highest BCUT2D eigenvalue weighted by molar-refractivity contribution is 5.35. The molecule has 2 heteroatoms. The predicted octanol–water partition coefficient (Wildman–Crippen LogP) is 3.79. The third-order valence-corrected chi connectivity index (χ3v) is 5.57. The van der Waals surface area contributed by atoms with E-state index in [-0.39, 0.29) is 5.41 Å². The molecule has 3 rings (SSSR count). The van der Waals surface area contributed by atoms with Crippen molar-refractivity contribution in [1.29, 1.82) is 0 Å². The Morgan fingerprint density at radius 1 is 1.40 bits per heavy atom. The molecule has 0 radical (unpaired) electrons. The van der Waals surface area contributed by atoms with E-state index in [0.29, 0.717) is 11.7 Å². The summed E-state index contributed by atoms with van der Waals surface area (Å²) in [5, 5.41) is 9.85. The average Bonchev–Trinajstić information content (AvgIpc) is 3.15. The molecule has 1 aromatic rings. The van der Waals surface area contributed by atoms with E-state index in [0.717, 1.165) is 5.92 Å². The van der Waals surface area contributed by atoms with Gasteiger partial charge in [-0.2, -0.15) is 0 Å². The number of hydrogen-bond donors (Lipinski definition) is 1. The second kappa shape index (κ2) is 5.40. The normalized spacial score (nSPS) is 28.7. The topological polar surface area (TPSA) is 23.5 Å². The van der Waals surface area contributed by atoms with Gasteiger partial charge in [-0.05, 0) is 55.3 Å². The maximum atomic E-state index is 9.85. The van der Waals surface area contributed by atoms with Crippen LogP contribution in [0.2, 0.25) is 0 Å². The number of aromatic hydroxyl groups is 1. The lowest BCUT2D eigenvalue weighted by Crippen LogP contribution is -2.37. The number of nitrogens with zero attached hydrogens (tertiary/aromatic N) is 1. The molecular formula is C18H27NO. The largest absolute Gasteiger partial charge is 0.508 e. The van der Waals surface area contributed by atoms with Crippen molar-refractivity contribution in [2.45, 2.75) is 44.9 Å². The van der Waals surface area contributed by atoms with Crippen LogP contribution in [-0.4, -0.2) is 29.6 Å². The molecule has 110 valence electrons. The van der Waals surface area contributed by atoms with Crippen LogP contribution in [0, 0.1) is 11.8 Å². The van der Waals surface area contributed by atoms with Crippen molar-refractivity contribution in [3.63, 3.8) is 0 Å². The Morgan fingerprint density at radius 2 is 2.20 bits per heavy atom. The van der Waals surface area contributed by atoms with E-state index in [9.17, 15) is 5.11 Å². The number of phenolic OH excluding ortho intramolecular Hbond substituents is 1. The zero-order valence-corrected chi connectivity index (χ0v) is 12.8. The van der Waals surface area contributed by atoms with Gasteiger partial charge in [0.15, 0.2) is 0 Å². The quantitative estimate of drug-likeness (QED) is 0.882. The molecule has 2 fully saturated rings. The van der Waals surface area contributed by atoms with Crippen molar-refractivity contribution >= 4 is 0 Å². The minimum absolute atomic E-state index is 0.238. The minimum Gasteiger partial charge on any atom is -0.508 e. The van der Waals surface area contributed by atoms with Crippen LogP contribution in [0.15, 0.2) is 24.3 Å². The molecule has 1 aliphatic heterocycles. The van der Waals surface area contributed by atoms with Gasteiger partial charge in [-0.3, -0.25) is 0 Å². The van der Waals surface area contributed by atoms with Crippen LogP contribution >= 0.6 is 0 Å². The second-order valence-corrected chi connectivity index (χ2v) is 6.94. The molecule has 0 aromatic heterocycles. The molecule has 2 aliphatic rings. The molecule has 1 heterocycles. The smallest absolute Gasteiger partial charge is 0.115 e. The highest BCUT2D eigenvalue weighted by atomic mass is 16.3. The maximum absolute atomic E-state index is 9.85. The summed E-state index contributed by atoms with van der Waals surface area (Å²) in [6.07, 6.45) is 5.29. The fourth-order valence-electron chi connectivity index (χ4n) is 3.86. The van der Waals surface area contributed by atoms with Crippen LogP contribution in [0.3, 0.4) is 0 Å². The number of rotatable bonds is 5. The van der Waals surface area contributed by atoms with E-state index in [1.165, 1.54) is 50.9 Å². The summed E-state index contributed by atoms with van der Waals surface area (Å²) in [4.78, 5) is 2.66. The first-order valence-corrected chi connectivity index (χ1v) is 8.16. The summed E-state index contributed by atoms with van der Waals surface area (Å²) in [6, 6.07) is 7.99.